The monoisotopic (exact) mass is 338 g/mol. The average molecular weight is 339 g/mol. The summed E-state index contributed by atoms with van der Waals surface area (Å²) in [4.78, 5) is 2.43. The lowest BCUT2D eigenvalue weighted by atomic mass is 9.95. The third-order valence-electron chi connectivity index (χ3n) is 4.50. The molecule has 2 aliphatic heterocycles. The third kappa shape index (κ3) is 3.35. The summed E-state index contributed by atoms with van der Waals surface area (Å²) in [5.41, 5.74) is 1.30. The molecular formula is C16H23BrN2O. The second kappa shape index (κ2) is 6.46. The molecule has 1 saturated heterocycles. The van der Waals surface area contributed by atoms with E-state index in [1.165, 1.54) is 31.5 Å². The molecule has 0 spiro atoms. The molecule has 0 radical (unpaired) electrons. The maximum atomic E-state index is 5.75. The first-order chi connectivity index (χ1) is 9.72. The smallest absolute Gasteiger partial charge is 0.124 e. The Kier molecular flexibility index (Phi) is 4.64. The summed E-state index contributed by atoms with van der Waals surface area (Å²) >= 11 is 3.56. The first kappa shape index (κ1) is 14.4. The van der Waals surface area contributed by atoms with Gasteiger partial charge in [-0.1, -0.05) is 15.9 Å². The number of piperidine rings is 1. The quantitative estimate of drug-likeness (QED) is 0.915. The van der Waals surface area contributed by atoms with Crippen LogP contribution in [0.5, 0.6) is 5.75 Å². The molecule has 0 aliphatic carbocycles. The number of nitrogens with one attached hydrogen (secondary N) is 1. The maximum Gasteiger partial charge on any atom is 0.124 e. The first-order valence-electron chi connectivity index (χ1n) is 7.56. The largest absolute Gasteiger partial charge is 0.493 e. The van der Waals surface area contributed by atoms with Crippen LogP contribution in [0.15, 0.2) is 22.7 Å². The molecule has 1 fully saturated rings. The van der Waals surface area contributed by atoms with Gasteiger partial charge < -0.3 is 15.0 Å². The van der Waals surface area contributed by atoms with E-state index in [9.17, 15) is 0 Å². The molecule has 4 heteroatoms. The summed E-state index contributed by atoms with van der Waals surface area (Å²) in [7, 11) is 2.22. The van der Waals surface area contributed by atoms with Gasteiger partial charge in [-0.25, -0.2) is 0 Å². The minimum absolute atomic E-state index is 0.441. The number of rotatable bonds is 3. The molecule has 0 amide bonds. The molecule has 1 N–H and O–H groups in total. The van der Waals surface area contributed by atoms with Gasteiger partial charge in [-0.15, -0.1) is 0 Å². The average Bonchev–Trinajstić information content (AvgIpc) is 2.47. The normalized spacial score (nSPS) is 24.2. The number of hydrogen-bond donors (Lipinski definition) is 1. The molecule has 1 unspecified atom stereocenters. The fraction of sp³-hybridized carbons (Fsp3) is 0.625. The standard InChI is InChI=1S/C16H23BrN2O/c1-19-7-4-12(5-8-19)11-18-15-6-9-20-16-3-2-13(17)10-14(15)16/h2-3,10,12,15,18H,4-9,11H2,1H3. The van der Waals surface area contributed by atoms with Gasteiger partial charge in [0.05, 0.1) is 6.61 Å². The molecule has 1 aromatic carbocycles. The Hall–Kier alpha value is -0.580. The Morgan fingerprint density at radius 3 is 2.90 bits per heavy atom. The van der Waals surface area contributed by atoms with Crippen molar-refractivity contribution in [2.45, 2.75) is 25.3 Å². The van der Waals surface area contributed by atoms with Crippen LogP contribution in [0.1, 0.15) is 30.9 Å². The summed E-state index contributed by atoms with van der Waals surface area (Å²) in [6, 6.07) is 6.76. The highest BCUT2D eigenvalue weighted by Gasteiger charge is 2.23. The van der Waals surface area contributed by atoms with Crippen LogP contribution in [0.3, 0.4) is 0 Å². The second-order valence-electron chi connectivity index (χ2n) is 6.03. The zero-order valence-electron chi connectivity index (χ0n) is 12.1. The topological polar surface area (TPSA) is 24.5 Å². The number of hydrogen-bond acceptors (Lipinski definition) is 3. The van der Waals surface area contributed by atoms with Crippen molar-refractivity contribution < 1.29 is 4.74 Å². The van der Waals surface area contributed by atoms with Crippen LogP contribution in [0.25, 0.3) is 0 Å². The van der Waals surface area contributed by atoms with E-state index >= 15 is 0 Å². The molecule has 3 rings (SSSR count). The van der Waals surface area contributed by atoms with E-state index in [2.05, 4.69) is 51.4 Å². The van der Waals surface area contributed by atoms with E-state index in [1.807, 2.05) is 0 Å². The number of benzene rings is 1. The minimum Gasteiger partial charge on any atom is -0.493 e. The Morgan fingerprint density at radius 1 is 1.30 bits per heavy atom. The van der Waals surface area contributed by atoms with Gasteiger partial charge in [-0.2, -0.15) is 0 Å². The Morgan fingerprint density at radius 2 is 2.10 bits per heavy atom. The first-order valence-corrected chi connectivity index (χ1v) is 8.36. The van der Waals surface area contributed by atoms with Crippen LogP contribution in [0.2, 0.25) is 0 Å². The van der Waals surface area contributed by atoms with Crippen LogP contribution in [0.4, 0.5) is 0 Å². The van der Waals surface area contributed by atoms with Gasteiger partial charge in [0.2, 0.25) is 0 Å². The highest BCUT2D eigenvalue weighted by Crippen LogP contribution is 2.34. The van der Waals surface area contributed by atoms with Crippen molar-refractivity contribution in [1.29, 1.82) is 0 Å². The van der Waals surface area contributed by atoms with Gasteiger partial charge in [-0.3, -0.25) is 0 Å². The molecular weight excluding hydrogens is 316 g/mol. The Bertz CT molecular complexity index is 458. The molecule has 0 aromatic heterocycles. The molecule has 0 saturated carbocycles. The van der Waals surface area contributed by atoms with E-state index in [0.29, 0.717) is 6.04 Å². The van der Waals surface area contributed by atoms with Gasteiger partial charge in [-0.05, 0) is 63.6 Å². The Balaban J connectivity index is 1.60. The van der Waals surface area contributed by atoms with E-state index < -0.39 is 0 Å². The van der Waals surface area contributed by atoms with Gasteiger partial charge in [0.1, 0.15) is 5.75 Å². The fourth-order valence-corrected chi connectivity index (χ4v) is 3.53. The summed E-state index contributed by atoms with van der Waals surface area (Å²) in [6.07, 6.45) is 3.70. The van der Waals surface area contributed by atoms with E-state index in [0.717, 1.165) is 35.7 Å². The maximum absolute atomic E-state index is 5.75. The van der Waals surface area contributed by atoms with E-state index in [-0.39, 0.29) is 0 Å². The van der Waals surface area contributed by atoms with Crippen LogP contribution in [-0.4, -0.2) is 38.2 Å². The van der Waals surface area contributed by atoms with Gasteiger partial charge in [0, 0.05) is 22.5 Å². The minimum atomic E-state index is 0.441. The summed E-state index contributed by atoms with van der Waals surface area (Å²) < 4.78 is 6.88. The molecule has 1 atom stereocenters. The molecule has 20 heavy (non-hydrogen) atoms. The van der Waals surface area contributed by atoms with Crippen molar-refractivity contribution >= 4 is 15.9 Å². The van der Waals surface area contributed by atoms with Crippen molar-refractivity contribution in [1.82, 2.24) is 10.2 Å². The van der Waals surface area contributed by atoms with E-state index in [4.69, 9.17) is 4.74 Å². The van der Waals surface area contributed by atoms with Crippen LogP contribution in [0, 0.1) is 5.92 Å². The lowest BCUT2D eigenvalue weighted by Gasteiger charge is -2.32. The van der Waals surface area contributed by atoms with Gasteiger partial charge in [0.15, 0.2) is 0 Å². The second-order valence-corrected chi connectivity index (χ2v) is 6.94. The van der Waals surface area contributed by atoms with Crippen LogP contribution in [-0.2, 0) is 0 Å². The Labute approximate surface area is 129 Å². The number of fused-ring (bicyclic) bond motifs is 1. The van der Waals surface area contributed by atoms with Crippen LogP contribution >= 0.6 is 15.9 Å². The molecule has 1 aromatic rings. The van der Waals surface area contributed by atoms with Crippen molar-refractivity contribution in [2.24, 2.45) is 5.92 Å². The van der Waals surface area contributed by atoms with Gasteiger partial charge >= 0.3 is 0 Å². The van der Waals surface area contributed by atoms with Gasteiger partial charge in [0.25, 0.3) is 0 Å². The summed E-state index contributed by atoms with van der Waals surface area (Å²) in [6.45, 7) is 4.43. The van der Waals surface area contributed by atoms with E-state index in [1.54, 1.807) is 0 Å². The lowest BCUT2D eigenvalue weighted by molar-refractivity contribution is 0.202. The molecule has 2 heterocycles. The SMILES string of the molecule is CN1CCC(CNC2CCOc3ccc(Br)cc32)CC1. The molecule has 0 bridgehead atoms. The third-order valence-corrected chi connectivity index (χ3v) is 5.00. The predicted molar refractivity (Wildman–Crippen MR) is 85.2 cm³/mol. The zero-order chi connectivity index (χ0) is 13.9. The van der Waals surface area contributed by atoms with Crippen LogP contribution < -0.4 is 10.1 Å². The molecule has 110 valence electrons. The predicted octanol–water partition coefficient (Wildman–Crippen LogP) is 3.20. The van der Waals surface area contributed by atoms with Crippen molar-refractivity contribution in [3.05, 3.63) is 28.2 Å². The number of likely N-dealkylation sites (tertiary alicyclic amines) is 1. The zero-order valence-corrected chi connectivity index (χ0v) is 13.7. The fourth-order valence-electron chi connectivity index (χ4n) is 3.15. The summed E-state index contributed by atoms with van der Waals surface area (Å²) in [5, 5.41) is 3.77. The number of halogens is 1. The summed E-state index contributed by atoms with van der Waals surface area (Å²) in [5.74, 6) is 1.87. The molecule has 3 nitrogen and oxygen atoms in total. The van der Waals surface area contributed by atoms with Crippen molar-refractivity contribution in [2.75, 3.05) is 33.3 Å². The van der Waals surface area contributed by atoms with Crippen molar-refractivity contribution in [3.63, 3.8) is 0 Å². The lowest BCUT2D eigenvalue weighted by Crippen LogP contribution is -2.37. The highest BCUT2D eigenvalue weighted by molar-refractivity contribution is 9.10. The highest BCUT2D eigenvalue weighted by atomic mass is 79.9. The number of ether oxygens (including phenoxy) is 1. The van der Waals surface area contributed by atoms with Crippen molar-refractivity contribution in [3.8, 4) is 5.75 Å². The molecule has 2 aliphatic rings. The number of nitrogens with zero attached hydrogens (tertiary/aromatic N) is 1.